The molecule has 7 amide bonds. The SMILES string of the molecule is CNCC(=O)N[C@H](C(=O)N1CC[C@H](NC(=O)c2cccc(C(=O)NCC[C@H](NC(=O)CNC(=O)[C@H](C)NC)C(=O)N[C@@H]3CCCc4ccccc43)c2)C1)C(C)(C)C. The van der Waals surface area contributed by atoms with E-state index < -0.39 is 47.2 Å². The summed E-state index contributed by atoms with van der Waals surface area (Å²) in [7, 11) is 3.28. The van der Waals surface area contributed by atoms with Gasteiger partial charge in [0.1, 0.15) is 12.1 Å². The molecule has 2 aliphatic rings. The second-order valence-corrected chi connectivity index (χ2v) is 15.8. The van der Waals surface area contributed by atoms with E-state index >= 15 is 0 Å². The first kappa shape index (κ1) is 44.4. The number of likely N-dealkylation sites (N-methyl/N-ethyl adjacent to an activating group) is 2. The quantitative estimate of drug-likeness (QED) is 0.110. The van der Waals surface area contributed by atoms with Crippen LogP contribution >= 0.6 is 0 Å². The van der Waals surface area contributed by atoms with Crippen LogP contribution in [0.4, 0.5) is 0 Å². The van der Waals surface area contributed by atoms with Crippen molar-refractivity contribution in [1.82, 2.24) is 47.4 Å². The Hall–Kier alpha value is -5.35. The molecule has 2 aromatic rings. The van der Waals surface area contributed by atoms with Crippen molar-refractivity contribution in [2.75, 3.05) is 46.8 Å². The summed E-state index contributed by atoms with van der Waals surface area (Å²) in [4.78, 5) is 92.8. The lowest BCUT2D eigenvalue weighted by molar-refractivity contribution is -0.138. The molecule has 0 radical (unpaired) electrons. The number of hydrogen-bond donors (Lipinski definition) is 8. The zero-order valence-electron chi connectivity index (χ0n) is 33.9. The average molecular weight is 790 g/mol. The Morgan fingerprint density at radius 2 is 1.51 bits per heavy atom. The highest BCUT2D eigenvalue weighted by Gasteiger charge is 2.38. The Bertz CT molecular complexity index is 1780. The van der Waals surface area contributed by atoms with Crippen molar-refractivity contribution >= 4 is 41.4 Å². The molecule has 0 spiro atoms. The minimum atomic E-state index is -1.01. The van der Waals surface area contributed by atoms with E-state index in [1.54, 1.807) is 44.1 Å². The summed E-state index contributed by atoms with van der Waals surface area (Å²) < 4.78 is 0. The molecule has 57 heavy (non-hydrogen) atoms. The summed E-state index contributed by atoms with van der Waals surface area (Å²) >= 11 is 0. The summed E-state index contributed by atoms with van der Waals surface area (Å²) in [6, 6.07) is 11.3. The first-order valence-corrected chi connectivity index (χ1v) is 19.7. The Morgan fingerprint density at radius 3 is 2.21 bits per heavy atom. The molecule has 1 saturated heterocycles. The summed E-state index contributed by atoms with van der Waals surface area (Å²) in [5, 5.41) is 22.5. The molecule has 4 rings (SSSR count). The topological polar surface area (TPSA) is 219 Å². The number of nitrogens with zero attached hydrogens (tertiary/aromatic N) is 1. The number of amides is 7. The van der Waals surface area contributed by atoms with Gasteiger partial charge in [-0.1, -0.05) is 51.1 Å². The van der Waals surface area contributed by atoms with Gasteiger partial charge in [0, 0.05) is 36.8 Å². The van der Waals surface area contributed by atoms with Crippen molar-refractivity contribution in [3.05, 3.63) is 70.8 Å². The molecule has 0 aromatic heterocycles. The zero-order valence-corrected chi connectivity index (χ0v) is 33.9. The fraction of sp³-hybridized carbons (Fsp3) is 0.537. The van der Waals surface area contributed by atoms with Crippen LogP contribution in [0.1, 0.15) is 91.3 Å². The van der Waals surface area contributed by atoms with Gasteiger partial charge < -0.3 is 47.4 Å². The third-order valence-electron chi connectivity index (χ3n) is 10.3. The highest BCUT2D eigenvalue weighted by Crippen LogP contribution is 2.29. The maximum absolute atomic E-state index is 13.6. The van der Waals surface area contributed by atoms with E-state index in [0.717, 1.165) is 30.4 Å². The maximum atomic E-state index is 13.6. The molecule has 2 aromatic carbocycles. The van der Waals surface area contributed by atoms with E-state index in [-0.39, 0.29) is 73.5 Å². The fourth-order valence-corrected chi connectivity index (χ4v) is 6.93. The molecule has 16 nitrogen and oxygen atoms in total. The summed E-state index contributed by atoms with van der Waals surface area (Å²) in [5.74, 6) is -2.71. The smallest absolute Gasteiger partial charge is 0.251 e. The Balaban J connectivity index is 1.34. The van der Waals surface area contributed by atoms with Crippen molar-refractivity contribution in [3.63, 3.8) is 0 Å². The molecule has 16 heteroatoms. The monoisotopic (exact) mass is 789 g/mol. The Labute approximate surface area is 334 Å². The third kappa shape index (κ3) is 12.8. The van der Waals surface area contributed by atoms with Gasteiger partial charge in [0.2, 0.25) is 29.5 Å². The van der Waals surface area contributed by atoms with E-state index in [2.05, 4.69) is 42.5 Å². The number of benzene rings is 2. The Kier molecular flexibility index (Phi) is 16.1. The molecule has 1 aliphatic carbocycles. The number of carbonyl (C=O) groups excluding carboxylic acids is 7. The molecule has 8 N–H and O–H groups in total. The van der Waals surface area contributed by atoms with Crippen LogP contribution in [0.5, 0.6) is 0 Å². The molecule has 310 valence electrons. The number of hydrogen-bond acceptors (Lipinski definition) is 9. The summed E-state index contributed by atoms with van der Waals surface area (Å²) in [5.41, 5.74) is 2.14. The lowest BCUT2D eigenvalue weighted by atomic mass is 9.85. The van der Waals surface area contributed by atoms with Crippen molar-refractivity contribution in [3.8, 4) is 0 Å². The third-order valence-corrected chi connectivity index (χ3v) is 10.3. The van der Waals surface area contributed by atoms with Crippen molar-refractivity contribution in [2.45, 2.75) is 90.0 Å². The van der Waals surface area contributed by atoms with Crippen molar-refractivity contribution in [2.24, 2.45) is 5.41 Å². The number of rotatable bonds is 17. The number of aryl methyl sites for hydroxylation is 1. The van der Waals surface area contributed by atoms with Crippen molar-refractivity contribution in [1.29, 1.82) is 0 Å². The number of fused-ring (bicyclic) bond motifs is 1. The summed E-state index contributed by atoms with van der Waals surface area (Å²) in [6.45, 7) is 7.78. The van der Waals surface area contributed by atoms with Crippen LogP contribution in [0.2, 0.25) is 0 Å². The van der Waals surface area contributed by atoms with Crippen LogP contribution in [0.15, 0.2) is 48.5 Å². The predicted molar refractivity (Wildman–Crippen MR) is 215 cm³/mol. The van der Waals surface area contributed by atoms with Crippen LogP contribution in [0, 0.1) is 5.41 Å². The first-order chi connectivity index (χ1) is 27.1. The van der Waals surface area contributed by atoms with Crippen LogP contribution in [0.25, 0.3) is 0 Å². The van der Waals surface area contributed by atoms with Crippen LogP contribution in [-0.2, 0) is 30.4 Å². The van der Waals surface area contributed by atoms with E-state index in [9.17, 15) is 33.6 Å². The van der Waals surface area contributed by atoms with Crippen LogP contribution in [-0.4, -0.2) is 117 Å². The van der Waals surface area contributed by atoms with Crippen LogP contribution in [0.3, 0.4) is 0 Å². The number of nitrogens with one attached hydrogen (secondary N) is 8. The lowest BCUT2D eigenvalue weighted by Crippen LogP contribution is -2.55. The molecular weight excluding hydrogens is 731 g/mol. The maximum Gasteiger partial charge on any atom is 0.251 e. The van der Waals surface area contributed by atoms with Gasteiger partial charge in [0.05, 0.1) is 25.2 Å². The lowest BCUT2D eigenvalue weighted by Gasteiger charge is -2.33. The summed E-state index contributed by atoms with van der Waals surface area (Å²) in [6.07, 6.45) is 3.15. The molecule has 1 aliphatic heterocycles. The molecule has 0 bridgehead atoms. The first-order valence-electron chi connectivity index (χ1n) is 19.7. The largest absolute Gasteiger partial charge is 0.352 e. The van der Waals surface area contributed by atoms with E-state index in [1.165, 1.54) is 6.07 Å². The van der Waals surface area contributed by atoms with E-state index in [4.69, 9.17) is 0 Å². The van der Waals surface area contributed by atoms with Gasteiger partial charge in [-0.15, -0.1) is 0 Å². The van der Waals surface area contributed by atoms with Gasteiger partial charge >= 0.3 is 0 Å². The zero-order chi connectivity index (χ0) is 41.7. The second kappa shape index (κ2) is 20.7. The molecule has 1 fully saturated rings. The van der Waals surface area contributed by atoms with Gasteiger partial charge in [-0.2, -0.15) is 0 Å². The van der Waals surface area contributed by atoms with Gasteiger partial charge in [0.25, 0.3) is 11.8 Å². The van der Waals surface area contributed by atoms with Crippen molar-refractivity contribution < 1.29 is 33.6 Å². The standard InChI is InChI=1S/C41H59N9O7/c1-25(43-6)36(53)45-23-34(52)47-32(39(56)48-31-16-10-12-26-11-7-8-15-30(26)31)17-19-44-37(54)27-13-9-14-28(21-27)38(55)46-29-18-20-50(24-29)40(57)35(41(2,3)4)49-33(51)22-42-5/h7-9,11,13-15,21,25,29,31-32,35,42-43H,10,12,16-20,22-24H2,1-6H3,(H,44,54)(H,45,53)(H,46,55)(H,47,52)(H,48,56)(H,49,51)/t25-,29-,31+,32-,35+/m0/s1. The van der Waals surface area contributed by atoms with E-state index in [0.29, 0.717) is 13.0 Å². The minimum Gasteiger partial charge on any atom is -0.352 e. The highest BCUT2D eigenvalue weighted by atomic mass is 16.2. The molecule has 1 heterocycles. The Morgan fingerprint density at radius 1 is 0.807 bits per heavy atom. The average Bonchev–Trinajstić information content (AvgIpc) is 3.66. The number of carbonyl (C=O) groups is 7. The predicted octanol–water partition coefficient (Wildman–Crippen LogP) is 0.290. The normalized spacial score (nSPS) is 17.9. The second-order valence-electron chi connectivity index (χ2n) is 15.8. The molecule has 5 atom stereocenters. The van der Waals surface area contributed by atoms with Gasteiger partial charge in [-0.25, -0.2) is 0 Å². The van der Waals surface area contributed by atoms with Gasteiger partial charge in [-0.3, -0.25) is 33.6 Å². The molecule has 0 saturated carbocycles. The van der Waals surface area contributed by atoms with Gasteiger partial charge in [-0.05, 0) is 87.9 Å². The number of likely N-dealkylation sites (tertiary alicyclic amines) is 1. The van der Waals surface area contributed by atoms with Gasteiger partial charge in [0.15, 0.2) is 0 Å². The minimum absolute atomic E-state index is 0.0228. The van der Waals surface area contributed by atoms with Crippen LogP contribution < -0.4 is 42.5 Å². The molecular formula is C41H59N9O7. The molecule has 0 unspecified atom stereocenters. The fourth-order valence-electron chi connectivity index (χ4n) is 6.93. The van der Waals surface area contributed by atoms with E-state index in [1.807, 2.05) is 45.0 Å². The highest BCUT2D eigenvalue weighted by molar-refractivity contribution is 6.00.